The summed E-state index contributed by atoms with van der Waals surface area (Å²) in [5, 5.41) is 14.3. The average molecular weight is 396 g/mol. The highest BCUT2D eigenvalue weighted by Crippen LogP contribution is 2.33. The summed E-state index contributed by atoms with van der Waals surface area (Å²) in [5.74, 6) is -0.235. The summed E-state index contributed by atoms with van der Waals surface area (Å²) < 4.78 is 13.3. The number of benzene rings is 2. The third-order valence-electron chi connectivity index (χ3n) is 5.13. The van der Waals surface area contributed by atoms with E-state index in [2.05, 4.69) is 15.5 Å². The molecule has 144 valence electrons. The Morgan fingerprint density at radius 2 is 1.75 bits per heavy atom. The van der Waals surface area contributed by atoms with E-state index in [0.717, 1.165) is 34.2 Å². The van der Waals surface area contributed by atoms with E-state index in [1.807, 2.05) is 31.2 Å². The van der Waals surface area contributed by atoms with Crippen molar-refractivity contribution in [2.75, 3.05) is 0 Å². The maximum Gasteiger partial charge on any atom is 0.233 e. The van der Waals surface area contributed by atoms with Gasteiger partial charge in [0.1, 0.15) is 16.5 Å². The van der Waals surface area contributed by atoms with Crippen LogP contribution in [0.15, 0.2) is 53.6 Å². The Balaban J connectivity index is 1.60. The van der Waals surface area contributed by atoms with Gasteiger partial charge < -0.3 is 5.32 Å². The van der Waals surface area contributed by atoms with E-state index < -0.39 is 0 Å². The zero-order chi connectivity index (χ0) is 19.5. The van der Waals surface area contributed by atoms with Gasteiger partial charge in [0.15, 0.2) is 0 Å². The van der Waals surface area contributed by atoms with Gasteiger partial charge in [-0.25, -0.2) is 4.39 Å². The van der Waals surface area contributed by atoms with Crippen molar-refractivity contribution in [2.45, 2.75) is 48.9 Å². The maximum atomic E-state index is 13.3. The molecule has 0 radical (unpaired) electrons. The second kappa shape index (κ2) is 8.27. The Morgan fingerprint density at radius 3 is 2.46 bits per heavy atom. The molecular formula is C22H22FN3OS. The van der Waals surface area contributed by atoms with Crippen LogP contribution in [-0.4, -0.2) is 27.4 Å². The van der Waals surface area contributed by atoms with E-state index in [-0.39, 0.29) is 17.0 Å². The van der Waals surface area contributed by atoms with Crippen LogP contribution in [0.4, 0.5) is 4.39 Å². The molecule has 3 aromatic rings. The van der Waals surface area contributed by atoms with Crippen molar-refractivity contribution < 1.29 is 9.18 Å². The molecule has 1 amide bonds. The topological polar surface area (TPSA) is 54.9 Å². The van der Waals surface area contributed by atoms with Gasteiger partial charge in [-0.15, -0.1) is 10.2 Å². The van der Waals surface area contributed by atoms with E-state index in [9.17, 15) is 9.18 Å². The number of aromatic nitrogens is 2. The fraction of sp³-hybridized carbons (Fsp3) is 0.318. The van der Waals surface area contributed by atoms with Crippen molar-refractivity contribution in [2.24, 2.45) is 0 Å². The molecule has 0 spiro atoms. The number of hydrogen-bond acceptors (Lipinski definition) is 4. The Morgan fingerprint density at radius 1 is 1.07 bits per heavy atom. The Kier molecular flexibility index (Phi) is 5.57. The number of nitrogens with one attached hydrogen (secondary N) is 1. The molecule has 1 N–H and O–H groups in total. The van der Waals surface area contributed by atoms with Crippen molar-refractivity contribution in [3.8, 4) is 11.3 Å². The van der Waals surface area contributed by atoms with E-state index in [1.165, 1.54) is 36.7 Å². The molecule has 1 fully saturated rings. The van der Waals surface area contributed by atoms with Crippen LogP contribution in [0.25, 0.3) is 22.0 Å². The zero-order valence-electron chi connectivity index (χ0n) is 15.7. The van der Waals surface area contributed by atoms with Crippen LogP contribution < -0.4 is 5.32 Å². The molecule has 4 nitrogen and oxygen atoms in total. The SMILES string of the molecule is C[C@H](Sc1nnc(-c2ccc(F)cc2)c2ccccc12)C(=O)NC1CCCC1. The molecule has 0 unspecified atom stereocenters. The van der Waals surface area contributed by atoms with Gasteiger partial charge in [-0.3, -0.25) is 4.79 Å². The summed E-state index contributed by atoms with van der Waals surface area (Å²) in [5.41, 5.74) is 1.52. The molecule has 1 heterocycles. The molecule has 1 aliphatic carbocycles. The normalized spacial score (nSPS) is 15.6. The highest BCUT2D eigenvalue weighted by atomic mass is 32.2. The minimum Gasteiger partial charge on any atom is -0.352 e. The predicted molar refractivity (Wildman–Crippen MR) is 111 cm³/mol. The van der Waals surface area contributed by atoms with Crippen molar-refractivity contribution in [3.63, 3.8) is 0 Å². The largest absolute Gasteiger partial charge is 0.352 e. The van der Waals surface area contributed by atoms with E-state index in [4.69, 9.17) is 0 Å². The lowest BCUT2D eigenvalue weighted by molar-refractivity contribution is -0.120. The van der Waals surface area contributed by atoms with E-state index >= 15 is 0 Å². The second-order valence-corrected chi connectivity index (χ2v) is 8.49. The average Bonchev–Trinajstić information content (AvgIpc) is 3.22. The fourth-order valence-corrected chi connectivity index (χ4v) is 4.50. The number of amides is 1. The summed E-state index contributed by atoms with van der Waals surface area (Å²) in [7, 11) is 0. The fourth-order valence-electron chi connectivity index (χ4n) is 3.60. The van der Waals surface area contributed by atoms with Crippen LogP contribution in [0, 0.1) is 5.82 Å². The minimum absolute atomic E-state index is 0.0467. The van der Waals surface area contributed by atoms with Crippen LogP contribution in [-0.2, 0) is 4.79 Å². The van der Waals surface area contributed by atoms with Gasteiger partial charge in [-0.1, -0.05) is 48.9 Å². The second-order valence-electron chi connectivity index (χ2n) is 7.16. The van der Waals surface area contributed by atoms with Crippen molar-refractivity contribution in [1.82, 2.24) is 15.5 Å². The monoisotopic (exact) mass is 395 g/mol. The summed E-state index contributed by atoms with van der Waals surface area (Å²) in [6.45, 7) is 1.90. The molecule has 1 saturated carbocycles. The number of fused-ring (bicyclic) bond motifs is 1. The van der Waals surface area contributed by atoms with E-state index in [1.54, 1.807) is 12.1 Å². The summed E-state index contributed by atoms with van der Waals surface area (Å²) in [4.78, 5) is 12.5. The van der Waals surface area contributed by atoms with Gasteiger partial charge in [-0.2, -0.15) is 0 Å². The first kappa shape index (κ1) is 18.9. The Hall–Kier alpha value is -2.47. The van der Waals surface area contributed by atoms with Crippen molar-refractivity contribution in [3.05, 3.63) is 54.3 Å². The summed E-state index contributed by atoms with van der Waals surface area (Å²) in [6, 6.07) is 14.4. The van der Waals surface area contributed by atoms with Crippen LogP contribution in [0.3, 0.4) is 0 Å². The number of carbonyl (C=O) groups excluding carboxylic acids is 1. The summed E-state index contributed by atoms with van der Waals surface area (Å²) in [6.07, 6.45) is 4.51. The molecule has 2 aromatic carbocycles. The molecule has 6 heteroatoms. The molecule has 28 heavy (non-hydrogen) atoms. The third kappa shape index (κ3) is 4.02. The first-order chi connectivity index (χ1) is 13.6. The van der Waals surface area contributed by atoms with Gasteiger partial charge in [0.25, 0.3) is 0 Å². The smallest absolute Gasteiger partial charge is 0.233 e. The number of rotatable bonds is 5. The van der Waals surface area contributed by atoms with Crippen molar-refractivity contribution >= 4 is 28.4 Å². The Bertz CT molecular complexity index is 987. The molecule has 0 saturated heterocycles. The van der Waals surface area contributed by atoms with Crippen molar-refractivity contribution in [1.29, 1.82) is 0 Å². The number of hydrogen-bond donors (Lipinski definition) is 1. The van der Waals surface area contributed by atoms with E-state index in [0.29, 0.717) is 11.7 Å². The molecule has 1 aliphatic rings. The van der Waals surface area contributed by atoms with Crippen LogP contribution in [0.1, 0.15) is 32.6 Å². The number of halogens is 1. The quantitative estimate of drug-likeness (QED) is 0.620. The Labute approximate surface area is 167 Å². The lowest BCUT2D eigenvalue weighted by Gasteiger charge is -2.17. The summed E-state index contributed by atoms with van der Waals surface area (Å²) >= 11 is 1.43. The van der Waals surface area contributed by atoms with Crippen LogP contribution >= 0.6 is 11.8 Å². The molecular weight excluding hydrogens is 373 g/mol. The van der Waals surface area contributed by atoms with Crippen LogP contribution in [0.2, 0.25) is 0 Å². The van der Waals surface area contributed by atoms with Gasteiger partial charge in [0.05, 0.1) is 5.25 Å². The van der Waals surface area contributed by atoms with Gasteiger partial charge in [0, 0.05) is 22.4 Å². The zero-order valence-corrected chi connectivity index (χ0v) is 16.5. The lowest BCUT2D eigenvalue weighted by atomic mass is 10.1. The number of carbonyl (C=O) groups is 1. The molecule has 4 rings (SSSR count). The van der Waals surface area contributed by atoms with Gasteiger partial charge in [0.2, 0.25) is 5.91 Å². The highest BCUT2D eigenvalue weighted by Gasteiger charge is 2.23. The van der Waals surface area contributed by atoms with Gasteiger partial charge in [-0.05, 0) is 44.0 Å². The number of nitrogens with zero attached hydrogens (tertiary/aromatic N) is 2. The highest BCUT2D eigenvalue weighted by molar-refractivity contribution is 8.00. The molecule has 0 aliphatic heterocycles. The standard InChI is InChI=1S/C22H22FN3OS/c1-14(21(27)24-17-6-2-3-7-17)28-22-19-9-5-4-8-18(19)20(25-26-22)15-10-12-16(23)13-11-15/h4-5,8-14,17H,2-3,6-7H2,1H3,(H,24,27)/t14-/m0/s1. The molecule has 1 atom stereocenters. The first-order valence-corrected chi connectivity index (χ1v) is 10.5. The number of thioether (sulfide) groups is 1. The molecule has 1 aromatic heterocycles. The van der Waals surface area contributed by atoms with Gasteiger partial charge >= 0.3 is 0 Å². The molecule has 0 bridgehead atoms. The predicted octanol–water partition coefficient (Wildman–Crippen LogP) is 4.98. The van der Waals surface area contributed by atoms with Crippen LogP contribution in [0.5, 0.6) is 0 Å². The lowest BCUT2D eigenvalue weighted by Crippen LogP contribution is -2.37. The third-order valence-corrected chi connectivity index (χ3v) is 6.22. The first-order valence-electron chi connectivity index (χ1n) is 9.60. The minimum atomic E-state index is -0.282. The maximum absolute atomic E-state index is 13.3.